The van der Waals surface area contributed by atoms with Crippen LogP contribution in [0.25, 0.3) is 10.9 Å². The molecular formula is C25H29N3O2S. The topological polar surface area (TPSA) is 63.1 Å². The van der Waals surface area contributed by atoms with Gasteiger partial charge in [-0.1, -0.05) is 49.2 Å². The summed E-state index contributed by atoms with van der Waals surface area (Å²) in [6.07, 6.45) is 6.73. The van der Waals surface area contributed by atoms with E-state index in [1.54, 1.807) is 11.8 Å². The molecule has 0 radical (unpaired) electrons. The first-order valence-corrected chi connectivity index (χ1v) is 11.9. The molecule has 1 aliphatic carbocycles. The summed E-state index contributed by atoms with van der Waals surface area (Å²) in [5, 5.41) is 7.32. The average Bonchev–Trinajstić information content (AvgIpc) is 3.41. The van der Waals surface area contributed by atoms with Gasteiger partial charge in [-0.15, -0.1) is 11.8 Å². The van der Waals surface area contributed by atoms with Crippen molar-refractivity contribution in [1.82, 2.24) is 15.2 Å². The Morgan fingerprint density at radius 1 is 1.06 bits per heavy atom. The number of nitrogens with one attached hydrogen (secondary N) is 2. The maximum atomic E-state index is 12.5. The first kappa shape index (κ1) is 21.5. The fourth-order valence-electron chi connectivity index (χ4n) is 4.21. The van der Waals surface area contributed by atoms with Gasteiger partial charge in [0.05, 0.1) is 5.75 Å². The van der Waals surface area contributed by atoms with Crippen LogP contribution in [-0.2, 0) is 11.3 Å². The Hall–Kier alpha value is -2.73. The van der Waals surface area contributed by atoms with Crippen molar-refractivity contribution in [2.24, 2.45) is 0 Å². The smallest absolute Gasteiger partial charge is 0.251 e. The summed E-state index contributed by atoms with van der Waals surface area (Å²) >= 11 is 1.58. The predicted octanol–water partition coefficient (Wildman–Crippen LogP) is 4.53. The molecule has 0 spiro atoms. The maximum Gasteiger partial charge on any atom is 0.251 e. The van der Waals surface area contributed by atoms with E-state index in [0.29, 0.717) is 30.4 Å². The molecule has 1 fully saturated rings. The number of rotatable bonds is 8. The minimum Gasteiger partial charge on any atom is -0.353 e. The first-order chi connectivity index (χ1) is 15.1. The van der Waals surface area contributed by atoms with Crippen LogP contribution < -0.4 is 10.6 Å². The Balaban J connectivity index is 1.37. The lowest BCUT2D eigenvalue weighted by Crippen LogP contribution is -2.33. The minimum absolute atomic E-state index is 0.0484. The van der Waals surface area contributed by atoms with Crippen molar-refractivity contribution < 1.29 is 9.59 Å². The van der Waals surface area contributed by atoms with Crippen LogP contribution in [0.2, 0.25) is 0 Å². The number of amides is 2. The second-order valence-electron chi connectivity index (χ2n) is 8.11. The van der Waals surface area contributed by atoms with Gasteiger partial charge in [0.15, 0.2) is 0 Å². The van der Waals surface area contributed by atoms with E-state index in [0.717, 1.165) is 34.2 Å². The van der Waals surface area contributed by atoms with Crippen LogP contribution in [0.4, 0.5) is 0 Å². The zero-order valence-electron chi connectivity index (χ0n) is 17.9. The van der Waals surface area contributed by atoms with E-state index in [1.165, 1.54) is 12.8 Å². The normalized spacial score (nSPS) is 14.1. The number of para-hydroxylation sites is 1. The fraction of sp³-hybridized carbons (Fsp3) is 0.360. The zero-order valence-corrected chi connectivity index (χ0v) is 18.7. The minimum atomic E-state index is -0.0484. The molecule has 0 saturated heterocycles. The Morgan fingerprint density at radius 2 is 1.81 bits per heavy atom. The number of thioether (sulfide) groups is 1. The van der Waals surface area contributed by atoms with Gasteiger partial charge in [-0.25, -0.2) is 0 Å². The molecule has 1 heterocycles. The molecule has 5 nitrogen and oxygen atoms in total. The SMILES string of the molecule is Cc1ccccc1C(=O)NCCn1cc(SCC(=O)NC2CCCC2)c2ccccc21. The Bertz CT molecular complexity index is 1070. The van der Waals surface area contributed by atoms with Crippen molar-refractivity contribution in [3.8, 4) is 0 Å². The molecule has 6 heteroatoms. The summed E-state index contributed by atoms with van der Waals surface area (Å²) in [5.74, 6) is 0.487. The molecule has 2 aromatic carbocycles. The van der Waals surface area contributed by atoms with E-state index in [2.05, 4.69) is 33.5 Å². The van der Waals surface area contributed by atoms with Gasteiger partial charge in [-0.2, -0.15) is 0 Å². The van der Waals surface area contributed by atoms with Crippen LogP contribution in [0.5, 0.6) is 0 Å². The number of hydrogen-bond acceptors (Lipinski definition) is 3. The second-order valence-corrected chi connectivity index (χ2v) is 9.13. The molecule has 0 bridgehead atoms. The van der Waals surface area contributed by atoms with Gasteiger partial charge in [0.2, 0.25) is 5.91 Å². The van der Waals surface area contributed by atoms with Crippen LogP contribution in [0.15, 0.2) is 59.6 Å². The highest BCUT2D eigenvalue weighted by atomic mass is 32.2. The molecule has 1 saturated carbocycles. The molecule has 2 N–H and O–H groups in total. The number of benzene rings is 2. The lowest BCUT2D eigenvalue weighted by molar-refractivity contribution is -0.119. The van der Waals surface area contributed by atoms with E-state index in [1.807, 2.05) is 43.3 Å². The van der Waals surface area contributed by atoms with Gasteiger partial charge in [0.25, 0.3) is 5.91 Å². The lowest BCUT2D eigenvalue weighted by Gasteiger charge is -2.11. The highest BCUT2D eigenvalue weighted by Crippen LogP contribution is 2.30. The third-order valence-corrected chi connectivity index (χ3v) is 6.90. The van der Waals surface area contributed by atoms with Gasteiger partial charge in [-0.3, -0.25) is 9.59 Å². The zero-order chi connectivity index (χ0) is 21.6. The van der Waals surface area contributed by atoms with Crippen molar-refractivity contribution >= 4 is 34.5 Å². The van der Waals surface area contributed by atoms with Crippen LogP contribution in [-0.4, -0.2) is 34.7 Å². The quantitative estimate of drug-likeness (QED) is 0.511. The van der Waals surface area contributed by atoms with Gasteiger partial charge in [0.1, 0.15) is 0 Å². The summed E-state index contributed by atoms with van der Waals surface area (Å²) in [5.41, 5.74) is 2.80. The number of fused-ring (bicyclic) bond motifs is 1. The molecule has 31 heavy (non-hydrogen) atoms. The summed E-state index contributed by atoms with van der Waals surface area (Å²) in [6.45, 7) is 3.16. The largest absolute Gasteiger partial charge is 0.353 e. The summed E-state index contributed by atoms with van der Waals surface area (Å²) < 4.78 is 2.16. The molecule has 2 amide bonds. The first-order valence-electron chi connectivity index (χ1n) is 11.0. The lowest BCUT2D eigenvalue weighted by atomic mass is 10.1. The third kappa shape index (κ3) is 5.31. The molecule has 1 aliphatic rings. The number of hydrogen-bond donors (Lipinski definition) is 2. The third-order valence-electron chi connectivity index (χ3n) is 5.86. The summed E-state index contributed by atoms with van der Waals surface area (Å²) in [4.78, 5) is 25.9. The van der Waals surface area contributed by atoms with Gasteiger partial charge < -0.3 is 15.2 Å². The Morgan fingerprint density at radius 3 is 2.61 bits per heavy atom. The number of carbonyl (C=O) groups is 2. The molecule has 0 aliphatic heterocycles. The van der Waals surface area contributed by atoms with E-state index in [9.17, 15) is 9.59 Å². The van der Waals surface area contributed by atoms with Crippen molar-refractivity contribution in [2.75, 3.05) is 12.3 Å². The van der Waals surface area contributed by atoms with Crippen LogP contribution in [0, 0.1) is 6.92 Å². The number of aryl methyl sites for hydroxylation is 1. The van der Waals surface area contributed by atoms with Crippen LogP contribution >= 0.6 is 11.8 Å². The molecule has 3 aromatic rings. The Kier molecular flexibility index (Phi) is 6.97. The number of carbonyl (C=O) groups excluding carboxylic acids is 2. The summed E-state index contributed by atoms with van der Waals surface area (Å²) in [7, 11) is 0. The van der Waals surface area contributed by atoms with Gasteiger partial charge in [-0.05, 0) is 37.5 Å². The molecule has 0 unspecified atom stereocenters. The molecule has 0 atom stereocenters. The highest BCUT2D eigenvalue weighted by molar-refractivity contribution is 8.00. The van der Waals surface area contributed by atoms with E-state index in [4.69, 9.17) is 0 Å². The predicted molar refractivity (Wildman–Crippen MR) is 127 cm³/mol. The molecular weight excluding hydrogens is 406 g/mol. The van der Waals surface area contributed by atoms with Crippen LogP contribution in [0.1, 0.15) is 41.6 Å². The molecule has 162 valence electrons. The molecule has 1 aromatic heterocycles. The second kappa shape index (κ2) is 10.1. The van der Waals surface area contributed by atoms with E-state index >= 15 is 0 Å². The van der Waals surface area contributed by atoms with E-state index < -0.39 is 0 Å². The van der Waals surface area contributed by atoms with Gasteiger partial charge >= 0.3 is 0 Å². The number of nitrogens with zero attached hydrogens (tertiary/aromatic N) is 1. The van der Waals surface area contributed by atoms with Crippen molar-refractivity contribution in [1.29, 1.82) is 0 Å². The highest BCUT2D eigenvalue weighted by Gasteiger charge is 2.18. The van der Waals surface area contributed by atoms with Crippen LogP contribution in [0.3, 0.4) is 0 Å². The Labute approximate surface area is 187 Å². The fourth-order valence-corrected chi connectivity index (χ4v) is 5.11. The maximum absolute atomic E-state index is 12.5. The standard InChI is InChI=1S/C25H29N3O2S/c1-18-8-2-5-11-20(18)25(30)26-14-15-28-16-23(21-12-6-7-13-22(21)28)31-17-24(29)27-19-9-3-4-10-19/h2,5-8,11-13,16,19H,3-4,9-10,14-15,17H2,1H3,(H,26,30)(H,27,29). The summed E-state index contributed by atoms with van der Waals surface area (Å²) in [6, 6.07) is 16.2. The molecule has 4 rings (SSSR count). The monoisotopic (exact) mass is 435 g/mol. The number of aromatic nitrogens is 1. The van der Waals surface area contributed by atoms with Crippen molar-refractivity contribution in [3.63, 3.8) is 0 Å². The van der Waals surface area contributed by atoms with E-state index in [-0.39, 0.29) is 11.8 Å². The average molecular weight is 436 g/mol. The van der Waals surface area contributed by atoms with Gasteiger partial charge in [0, 0.05) is 46.7 Å². The van der Waals surface area contributed by atoms with Crippen molar-refractivity contribution in [3.05, 3.63) is 65.9 Å². The van der Waals surface area contributed by atoms with Crippen molar-refractivity contribution in [2.45, 2.75) is 50.1 Å².